The van der Waals surface area contributed by atoms with E-state index in [0.717, 1.165) is 17.0 Å². The van der Waals surface area contributed by atoms with Crippen molar-refractivity contribution in [2.75, 3.05) is 24.8 Å². The molecule has 0 atom stereocenters. The van der Waals surface area contributed by atoms with Gasteiger partial charge in [-0.3, -0.25) is 4.79 Å². The van der Waals surface area contributed by atoms with E-state index >= 15 is 0 Å². The average Bonchev–Trinajstić information content (AvgIpc) is 2.62. The number of alkyl halides is 6. The van der Waals surface area contributed by atoms with Gasteiger partial charge in [0.2, 0.25) is 6.41 Å². The Kier molecular flexibility index (Phi) is 7.71. The van der Waals surface area contributed by atoms with Crippen molar-refractivity contribution in [1.29, 1.82) is 0 Å². The zero-order valence-corrected chi connectivity index (χ0v) is 15.1. The van der Waals surface area contributed by atoms with Gasteiger partial charge in [-0.05, 0) is 36.8 Å². The van der Waals surface area contributed by atoms with Crippen LogP contribution in [0.5, 0.6) is 5.75 Å². The van der Waals surface area contributed by atoms with Crippen LogP contribution in [0.15, 0.2) is 36.4 Å². The minimum atomic E-state index is -4.80. The lowest BCUT2D eigenvalue weighted by atomic mass is 10.1. The standard InChI is InChI=1S/C9H7F6N.C9H11NO2/c1-16-7-3-5(8(10,11)12)2-6(4-7)9(13,14)15;1-7-3-4-8(10-6-11)5-9(7)12-2/h2-4,16H,1H3;3-6H,1-2H3,(H,10,11). The Balaban J connectivity index is 0.000000292. The monoisotopic (exact) mass is 408 g/mol. The molecule has 2 aromatic rings. The van der Waals surface area contributed by atoms with Crippen molar-refractivity contribution in [3.8, 4) is 5.75 Å². The van der Waals surface area contributed by atoms with E-state index in [9.17, 15) is 31.1 Å². The number of anilines is 2. The fourth-order valence-electron chi connectivity index (χ4n) is 2.08. The first-order chi connectivity index (χ1) is 12.9. The van der Waals surface area contributed by atoms with Crippen molar-refractivity contribution in [3.05, 3.63) is 53.1 Å². The maximum atomic E-state index is 12.3. The van der Waals surface area contributed by atoms with Crippen molar-refractivity contribution in [1.82, 2.24) is 0 Å². The average molecular weight is 408 g/mol. The zero-order valence-electron chi connectivity index (χ0n) is 15.1. The van der Waals surface area contributed by atoms with Crippen molar-refractivity contribution < 1.29 is 35.9 Å². The number of carbonyl (C=O) groups is 1. The minimum Gasteiger partial charge on any atom is -0.496 e. The second-order valence-electron chi connectivity index (χ2n) is 5.49. The topological polar surface area (TPSA) is 50.4 Å². The quantitative estimate of drug-likeness (QED) is 0.531. The molecule has 0 fully saturated rings. The van der Waals surface area contributed by atoms with Crippen molar-refractivity contribution >= 4 is 17.8 Å². The van der Waals surface area contributed by atoms with Crippen LogP contribution in [0, 0.1) is 6.92 Å². The highest BCUT2D eigenvalue weighted by Crippen LogP contribution is 2.37. The Morgan fingerprint density at radius 3 is 1.82 bits per heavy atom. The number of nitrogens with one attached hydrogen (secondary N) is 2. The Labute approximate surface area is 157 Å². The Hall–Kier alpha value is -2.91. The molecule has 4 nitrogen and oxygen atoms in total. The zero-order chi connectivity index (χ0) is 21.5. The normalized spacial score (nSPS) is 11.2. The van der Waals surface area contributed by atoms with Gasteiger partial charge in [0, 0.05) is 24.5 Å². The molecule has 154 valence electrons. The summed E-state index contributed by atoms with van der Waals surface area (Å²) in [6.07, 6.45) is -8.95. The first-order valence-corrected chi connectivity index (χ1v) is 7.74. The SMILES string of the molecule is CNc1cc(C(F)(F)F)cc(C(F)(F)F)c1.COc1cc(NC=O)ccc1C. The molecular formula is C18H18F6N2O2. The lowest BCUT2D eigenvalue weighted by molar-refractivity contribution is -0.143. The molecule has 1 amide bonds. The van der Waals surface area contributed by atoms with Gasteiger partial charge in [-0.15, -0.1) is 0 Å². The molecule has 0 bridgehead atoms. The number of rotatable bonds is 4. The number of carbonyl (C=O) groups excluding carboxylic acids is 1. The van der Waals surface area contributed by atoms with Crippen LogP contribution in [-0.4, -0.2) is 20.6 Å². The molecule has 2 rings (SSSR count). The van der Waals surface area contributed by atoms with Crippen LogP contribution in [0.25, 0.3) is 0 Å². The van der Waals surface area contributed by atoms with Crippen LogP contribution in [0.1, 0.15) is 16.7 Å². The summed E-state index contributed by atoms with van der Waals surface area (Å²) in [5.74, 6) is 0.779. The molecule has 2 aromatic carbocycles. The highest BCUT2D eigenvalue weighted by Gasteiger charge is 2.36. The maximum Gasteiger partial charge on any atom is 0.416 e. The first kappa shape index (κ1) is 23.1. The third-order valence-electron chi connectivity index (χ3n) is 3.51. The molecule has 0 aliphatic carbocycles. The van der Waals surface area contributed by atoms with Crippen LogP contribution in [0.4, 0.5) is 37.7 Å². The van der Waals surface area contributed by atoms with E-state index in [0.29, 0.717) is 18.5 Å². The van der Waals surface area contributed by atoms with Gasteiger partial charge in [0.05, 0.1) is 18.2 Å². The molecule has 28 heavy (non-hydrogen) atoms. The highest BCUT2D eigenvalue weighted by atomic mass is 19.4. The second kappa shape index (κ2) is 9.34. The third kappa shape index (κ3) is 6.67. The van der Waals surface area contributed by atoms with E-state index in [4.69, 9.17) is 4.74 Å². The number of benzene rings is 2. The van der Waals surface area contributed by atoms with E-state index in [2.05, 4.69) is 10.6 Å². The van der Waals surface area contributed by atoms with Gasteiger partial charge in [0.25, 0.3) is 0 Å². The molecule has 0 saturated carbocycles. The summed E-state index contributed by atoms with van der Waals surface area (Å²) in [7, 11) is 2.85. The van der Waals surface area contributed by atoms with E-state index in [-0.39, 0.29) is 11.8 Å². The molecule has 0 spiro atoms. The second-order valence-corrected chi connectivity index (χ2v) is 5.49. The molecule has 0 aromatic heterocycles. The van der Waals surface area contributed by atoms with Gasteiger partial charge >= 0.3 is 12.4 Å². The largest absolute Gasteiger partial charge is 0.496 e. The van der Waals surface area contributed by atoms with Gasteiger partial charge in [0.1, 0.15) is 5.75 Å². The van der Waals surface area contributed by atoms with Crippen LogP contribution in [-0.2, 0) is 17.1 Å². The van der Waals surface area contributed by atoms with E-state index in [1.54, 1.807) is 13.2 Å². The summed E-state index contributed by atoms with van der Waals surface area (Å²) in [5, 5.41) is 4.80. The van der Waals surface area contributed by atoms with Crippen molar-refractivity contribution in [2.45, 2.75) is 19.3 Å². The molecule has 0 radical (unpaired) electrons. The fourth-order valence-corrected chi connectivity index (χ4v) is 2.08. The summed E-state index contributed by atoms with van der Waals surface area (Å²) >= 11 is 0. The van der Waals surface area contributed by atoms with Crippen LogP contribution in [0.3, 0.4) is 0 Å². The fraction of sp³-hybridized carbons (Fsp3) is 0.278. The van der Waals surface area contributed by atoms with E-state index < -0.39 is 23.5 Å². The number of ether oxygens (including phenoxy) is 1. The predicted molar refractivity (Wildman–Crippen MR) is 93.4 cm³/mol. The number of aryl methyl sites for hydroxylation is 1. The molecule has 0 saturated heterocycles. The molecule has 0 aliphatic heterocycles. The number of halogens is 6. The number of hydrogen-bond donors (Lipinski definition) is 2. The Morgan fingerprint density at radius 2 is 1.43 bits per heavy atom. The summed E-state index contributed by atoms with van der Waals surface area (Å²) in [5.41, 5.74) is -1.10. The molecule has 10 heteroatoms. The summed E-state index contributed by atoms with van der Waals surface area (Å²) in [6, 6.07) is 6.83. The summed E-state index contributed by atoms with van der Waals surface area (Å²) in [6.45, 7) is 1.95. The third-order valence-corrected chi connectivity index (χ3v) is 3.51. The highest BCUT2D eigenvalue weighted by molar-refractivity contribution is 5.72. The molecule has 0 unspecified atom stereocenters. The van der Waals surface area contributed by atoms with E-state index in [1.807, 2.05) is 19.1 Å². The smallest absolute Gasteiger partial charge is 0.416 e. The first-order valence-electron chi connectivity index (χ1n) is 7.74. The minimum absolute atomic E-state index is 0.0842. The van der Waals surface area contributed by atoms with Gasteiger partial charge in [-0.2, -0.15) is 26.3 Å². The van der Waals surface area contributed by atoms with Crippen molar-refractivity contribution in [3.63, 3.8) is 0 Å². The molecule has 0 aliphatic rings. The number of methoxy groups -OCH3 is 1. The van der Waals surface area contributed by atoms with Gasteiger partial charge in [0.15, 0.2) is 0 Å². The predicted octanol–water partition coefficient (Wildman–Crippen LogP) is 5.34. The molecular weight excluding hydrogens is 390 g/mol. The lowest BCUT2D eigenvalue weighted by Gasteiger charge is -2.13. The molecule has 0 heterocycles. The van der Waals surface area contributed by atoms with E-state index in [1.165, 1.54) is 7.05 Å². The van der Waals surface area contributed by atoms with Crippen LogP contribution in [0.2, 0.25) is 0 Å². The molecule has 2 N–H and O–H groups in total. The summed E-state index contributed by atoms with van der Waals surface area (Å²) in [4.78, 5) is 10.1. The Morgan fingerprint density at radius 1 is 0.893 bits per heavy atom. The van der Waals surface area contributed by atoms with Gasteiger partial charge in [-0.1, -0.05) is 6.07 Å². The van der Waals surface area contributed by atoms with Gasteiger partial charge < -0.3 is 15.4 Å². The number of amides is 1. The van der Waals surface area contributed by atoms with Crippen molar-refractivity contribution in [2.24, 2.45) is 0 Å². The van der Waals surface area contributed by atoms with Gasteiger partial charge in [-0.25, -0.2) is 0 Å². The Bertz CT molecular complexity index is 771. The number of hydrogen-bond acceptors (Lipinski definition) is 3. The van der Waals surface area contributed by atoms with Crippen LogP contribution >= 0.6 is 0 Å². The van der Waals surface area contributed by atoms with Crippen LogP contribution < -0.4 is 15.4 Å². The lowest BCUT2D eigenvalue weighted by Crippen LogP contribution is -2.11. The summed E-state index contributed by atoms with van der Waals surface area (Å²) < 4.78 is 78.7. The maximum absolute atomic E-state index is 12.3.